The Morgan fingerprint density at radius 3 is 2.62 bits per heavy atom. The van der Waals surface area contributed by atoms with Gasteiger partial charge >= 0.3 is 0 Å². The quantitative estimate of drug-likeness (QED) is 0.685. The van der Waals surface area contributed by atoms with Gasteiger partial charge in [-0.2, -0.15) is 4.31 Å². The van der Waals surface area contributed by atoms with Gasteiger partial charge in [0.1, 0.15) is 10.7 Å². The van der Waals surface area contributed by atoms with E-state index in [1.165, 1.54) is 4.31 Å². The van der Waals surface area contributed by atoms with Gasteiger partial charge in [-0.3, -0.25) is 0 Å². The predicted octanol–water partition coefficient (Wildman–Crippen LogP) is 2.06. The maximum Gasteiger partial charge on any atom is 0.246 e. The van der Waals surface area contributed by atoms with Crippen molar-refractivity contribution in [3.05, 3.63) is 16.7 Å². The Labute approximate surface area is 134 Å². The van der Waals surface area contributed by atoms with Gasteiger partial charge in [-0.1, -0.05) is 13.8 Å². The first-order chi connectivity index (χ1) is 9.97. The molecule has 1 aromatic heterocycles. The lowest BCUT2D eigenvalue weighted by molar-refractivity contribution is 0.253. The van der Waals surface area contributed by atoms with E-state index in [0.717, 1.165) is 6.42 Å². The van der Waals surface area contributed by atoms with Gasteiger partial charge in [0.15, 0.2) is 0 Å². The third-order valence-corrected chi connectivity index (χ3v) is 5.15. The molecule has 0 saturated carbocycles. The molecule has 8 heteroatoms. The van der Waals surface area contributed by atoms with Crippen molar-refractivity contribution in [2.45, 2.75) is 31.6 Å². The fourth-order valence-electron chi connectivity index (χ4n) is 1.85. The molecular formula is C13H22BrN3O3S. The summed E-state index contributed by atoms with van der Waals surface area (Å²) in [6, 6.07) is 1.54. The standard InChI is InChI=1S/C13H22BrN3O3S/c1-3-5-15-13-12(9-11(14)10-16-13)21(19,20)17(6-4-2)7-8-18/h9-10,18H,3-8H2,1-2H3,(H,15,16). The summed E-state index contributed by atoms with van der Waals surface area (Å²) in [5.74, 6) is 0.346. The normalized spacial score (nSPS) is 11.9. The Hall–Kier alpha value is -0.700. The summed E-state index contributed by atoms with van der Waals surface area (Å²) in [7, 11) is -3.69. The van der Waals surface area contributed by atoms with Gasteiger partial charge in [-0.05, 0) is 34.8 Å². The van der Waals surface area contributed by atoms with E-state index in [1.807, 2.05) is 13.8 Å². The third kappa shape index (κ3) is 4.91. The lowest BCUT2D eigenvalue weighted by Gasteiger charge is -2.22. The molecule has 1 heterocycles. The van der Waals surface area contributed by atoms with Crippen LogP contribution in [0.5, 0.6) is 0 Å². The number of nitrogens with one attached hydrogen (secondary N) is 1. The van der Waals surface area contributed by atoms with Crippen LogP contribution in [0.1, 0.15) is 26.7 Å². The molecule has 1 aromatic rings. The highest BCUT2D eigenvalue weighted by Crippen LogP contribution is 2.26. The summed E-state index contributed by atoms with van der Waals surface area (Å²) >= 11 is 3.26. The van der Waals surface area contributed by atoms with Crippen LogP contribution in [0.25, 0.3) is 0 Å². The topological polar surface area (TPSA) is 82.5 Å². The van der Waals surface area contributed by atoms with Crippen LogP contribution in [0.3, 0.4) is 0 Å². The van der Waals surface area contributed by atoms with Crippen LogP contribution in [0.15, 0.2) is 21.6 Å². The van der Waals surface area contributed by atoms with Crippen LogP contribution in [0, 0.1) is 0 Å². The zero-order valence-electron chi connectivity index (χ0n) is 12.3. The zero-order valence-corrected chi connectivity index (χ0v) is 14.7. The molecule has 1 rings (SSSR count). The molecule has 0 atom stereocenters. The molecule has 6 nitrogen and oxygen atoms in total. The molecule has 0 radical (unpaired) electrons. The van der Waals surface area contributed by atoms with Crippen molar-refractivity contribution >= 4 is 31.8 Å². The number of hydrogen-bond donors (Lipinski definition) is 2. The number of aromatic nitrogens is 1. The fraction of sp³-hybridized carbons (Fsp3) is 0.615. The van der Waals surface area contributed by atoms with Gasteiger partial charge < -0.3 is 10.4 Å². The van der Waals surface area contributed by atoms with Gasteiger partial charge in [-0.15, -0.1) is 0 Å². The SMILES string of the molecule is CCCNc1ncc(Br)cc1S(=O)(=O)N(CCC)CCO. The van der Waals surface area contributed by atoms with E-state index in [-0.39, 0.29) is 18.0 Å². The molecule has 21 heavy (non-hydrogen) atoms. The number of hydrogen-bond acceptors (Lipinski definition) is 5. The lowest BCUT2D eigenvalue weighted by Crippen LogP contribution is -2.34. The average molecular weight is 380 g/mol. The summed E-state index contributed by atoms with van der Waals surface area (Å²) < 4.78 is 27.4. The zero-order chi connectivity index (χ0) is 15.9. The van der Waals surface area contributed by atoms with Crippen LogP contribution < -0.4 is 5.32 Å². The molecule has 120 valence electrons. The van der Waals surface area contributed by atoms with E-state index in [9.17, 15) is 8.42 Å². The monoisotopic (exact) mass is 379 g/mol. The summed E-state index contributed by atoms with van der Waals surface area (Å²) in [5.41, 5.74) is 0. The smallest absolute Gasteiger partial charge is 0.246 e. The molecule has 0 aliphatic heterocycles. The average Bonchev–Trinajstić information content (AvgIpc) is 2.45. The summed E-state index contributed by atoms with van der Waals surface area (Å²) in [5, 5.41) is 12.1. The highest BCUT2D eigenvalue weighted by Gasteiger charge is 2.27. The molecular weight excluding hydrogens is 358 g/mol. The molecule has 0 aliphatic rings. The van der Waals surface area contributed by atoms with Gasteiger partial charge in [0, 0.05) is 30.3 Å². The Balaban J connectivity index is 3.23. The summed E-state index contributed by atoms with van der Waals surface area (Å²) in [6.45, 7) is 4.77. The second-order valence-corrected chi connectivity index (χ2v) is 7.38. The van der Waals surface area contributed by atoms with E-state index in [0.29, 0.717) is 29.8 Å². The van der Waals surface area contributed by atoms with E-state index in [4.69, 9.17) is 5.11 Å². The number of aliphatic hydroxyl groups is 1. The summed E-state index contributed by atoms with van der Waals surface area (Å²) in [6.07, 6.45) is 3.11. The lowest BCUT2D eigenvalue weighted by atomic mass is 10.4. The molecule has 0 fully saturated rings. The molecule has 0 aliphatic carbocycles. The molecule has 0 unspecified atom stereocenters. The first-order valence-corrected chi connectivity index (χ1v) is 9.21. The Bertz CT molecular complexity index is 546. The van der Waals surface area contributed by atoms with Crippen molar-refractivity contribution < 1.29 is 13.5 Å². The number of nitrogens with zero attached hydrogens (tertiary/aromatic N) is 2. The fourth-order valence-corrected chi connectivity index (χ4v) is 4.00. The minimum atomic E-state index is -3.69. The van der Waals surface area contributed by atoms with E-state index in [1.54, 1.807) is 12.3 Å². The maximum atomic E-state index is 12.8. The second-order valence-electron chi connectivity index (χ2n) is 4.55. The number of rotatable bonds is 9. The number of sulfonamides is 1. The predicted molar refractivity (Wildman–Crippen MR) is 86.9 cm³/mol. The van der Waals surface area contributed by atoms with Gasteiger partial charge in [0.25, 0.3) is 0 Å². The summed E-state index contributed by atoms with van der Waals surface area (Å²) in [4.78, 5) is 4.29. The number of halogens is 1. The highest BCUT2D eigenvalue weighted by atomic mass is 79.9. The van der Waals surface area contributed by atoms with Crippen LogP contribution in [0.4, 0.5) is 5.82 Å². The molecule has 0 spiro atoms. The first-order valence-electron chi connectivity index (χ1n) is 6.97. The first kappa shape index (κ1) is 18.3. The minimum Gasteiger partial charge on any atom is -0.395 e. The van der Waals surface area contributed by atoms with Crippen molar-refractivity contribution in [1.82, 2.24) is 9.29 Å². The van der Waals surface area contributed by atoms with E-state index < -0.39 is 10.0 Å². The molecule has 0 bridgehead atoms. The maximum absolute atomic E-state index is 12.8. The van der Waals surface area contributed by atoms with Crippen LogP contribution in [0.2, 0.25) is 0 Å². The van der Waals surface area contributed by atoms with Crippen LogP contribution >= 0.6 is 15.9 Å². The Morgan fingerprint density at radius 2 is 2.05 bits per heavy atom. The van der Waals surface area contributed by atoms with E-state index >= 15 is 0 Å². The van der Waals surface area contributed by atoms with Crippen molar-refractivity contribution in [2.75, 3.05) is 31.6 Å². The van der Waals surface area contributed by atoms with Gasteiger partial charge in [0.05, 0.1) is 6.61 Å². The van der Waals surface area contributed by atoms with Gasteiger partial charge in [0.2, 0.25) is 10.0 Å². The Morgan fingerprint density at radius 1 is 1.33 bits per heavy atom. The molecule has 0 amide bonds. The largest absolute Gasteiger partial charge is 0.395 e. The van der Waals surface area contributed by atoms with Crippen molar-refractivity contribution in [2.24, 2.45) is 0 Å². The minimum absolute atomic E-state index is 0.0793. The van der Waals surface area contributed by atoms with Gasteiger partial charge in [-0.25, -0.2) is 13.4 Å². The second kappa shape index (κ2) is 8.67. The number of aliphatic hydroxyl groups excluding tert-OH is 1. The highest BCUT2D eigenvalue weighted by molar-refractivity contribution is 9.10. The number of pyridine rings is 1. The van der Waals surface area contributed by atoms with Crippen molar-refractivity contribution in [3.8, 4) is 0 Å². The molecule has 0 aromatic carbocycles. The van der Waals surface area contributed by atoms with Crippen molar-refractivity contribution in [1.29, 1.82) is 0 Å². The third-order valence-electron chi connectivity index (χ3n) is 2.80. The van der Waals surface area contributed by atoms with Crippen LogP contribution in [-0.2, 0) is 10.0 Å². The Kier molecular flexibility index (Phi) is 7.58. The van der Waals surface area contributed by atoms with Crippen LogP contribution in [-0.4, -0.2) is 49.1 Å². The molecule has 2 N–H and O–H groups in total. The van der Waals surface area contributed by atoms with Crippen molar-refractivity contribution in [3.63, 3.8) is 0 Å². The molecule has 0 saturated heterocycles. The van der Waals surface area contributed by atoms with E-state index in [2.05, 4.69) is 26.2 Å². The number of anilines is 1.